The second-order valence-electron chi connectivity index (χ2n) is 7.61. The maximum absolute atomic E-state index is 6.32. The monoisotopic (exact) mass is 496 g/mol. The van der Waals surface area contributed by atoms with E-state index in [0.29, 0.717) is 17.3 Å². The lowest BCUT2D eigenvalue weighted by molar-refractivity contribution is 0.209. The lowest BCUT2D eigenvalue weighted by Gasteiger charge is -2.17. The predicted molar refractivity (Wildman–Crippen MR) is 137 cm³/mol. The second kappa shape index (κ2) is 10.5. The number of aromatic nitrogens is 4. The summed E-state index contributed by atoms with van der Waals surface area (Å²) in [4.78, 5) is 4.76. The molecule has 33 heavy (non-hydrogen) atoms. The topological polar surface area (TPSA) is 52.8 Å². The molecule has 8 heteroatoms. The first-order valence-corrected chi connectivity index (χ1v) is 12.8. The van der Waals surface area contributed by atoms with Crippen molar-refractivity contribution in [2.75, 3.05) is 0 Å². The van der Waals surface area contributed by atoms with Crippen LogP contribution in [0.2, 0.25) is 5.02 Å². The van der Waals surface area contributed by atoms with Gasteiger partial charge in [-0.1, -0.05) is 59.8 Å². The Hall–Kier alpha value is -2.61. The van der Waals surface area contributed by atoms with Crippen molar-refractivity contribution in [2.45, 2.75) is 44.3 Å². The van der Waals surface area contributed by atoms with Crippen LogP contribution >= 0.6 is 34.7 Å². The smallest absolute Gasteiger partial charge is 0.192 e. The van der Waals surface area contributed by atoms with Crippen molar-refractivity contribution in [2.24, 2.45) is 0 Å². The molecule has 0 saturated carbocycles. The summed E-state index contributed by atoms with van der Waals surface area (Å²) in [6, 6.07) is 13.8. The molecular weight excluding hydrogens is 472 g/mol. The zero-order chi connectivity index (χ0) is 23.4. The van der Waals surface area contributed by atoms with E-state index in [1.54, 1.807) is 23.1 Å². The Bertz CT molecular complexity index is 1270. The van der Waals surface area contributed by atoms with E-state index in [4.69, 9.17) is 21.3 Å². The Morgan fingerprint density at radius 1 is 1.18 bits per heavy atom. The zero-order valence-corrected chi connectivity index (χ0v) is 21.2. The molecule has 5 nitrogen and oxygen atoms in total. The third kappa shape index (κ3) is 5.32. The number of aryl methyl sites for hydroxylation is 1. The van der Waals surface area contributed by atoms with E-state index >= 15 is 0 Å². The van der Waals surface area contributed by atoms with Crippen LogP contribution in [0.15, 0.2) is 65.7 Å². The molecule has 0 saturated heterocycles. The van der Waals surface area contributed by atoms with E-state index in [1.807, 2.05) is 49.4 Å². The molecule has 4 rings (SSSR count). The van der Waals surface area contributed by atoms with Crippen LogP contribution in [0.25, 0.3) is 10.6 Å². The maximum atomic E-state index is 6.32. The Balaban J connectivity index is 1.49. The molecule has 2 aromatic heterocycles. The van der Waals surface area contributed by atoms with Gasteiger partial charge in [-0.2, -0.15) is 0 Å². The van der Waals surface area contributed by atoms with Crippen LogP contribution in [-0.2, 0) is 12.3 Å². The third-order valence-corrected chi connectivity index (χ3v) is 7.54. The molecule has 0 fully saturated rings. The van der Waals surface area contributed by atoms with E-state index in [9.17, 15) is 0 Å². The summed E-state index contributed by atoms with van der Waals surface area (Å²) in [5, 5.41) is 13.4. The lowest BCUT2D eigenvalue weighted by Crippen LogP contribution is -2.12. The zero-order valence-electron chi connectivity index (χ0n) is 18.8. The van der Waals surface area contributed by atoms with Gasteiger partial charge in [-0.05, 0) is 44.0 Å². The fourth-order valence-electron chi connectivity index (χ4n) is 3.37. The van der Waals surface area contributed by atoms with Gasteiger partial charge in [-0.15, -0.1) is 28.1 Å². The fourth-order valence-corrected chi connectivity index (χ4v) is 5.47. The highest BCUT2D eigenvalue weighted by Crippen LogP contribution is 2.33. The minimum atomic E-state index is -0.251. The molecule has 170 valence electrons. The number of thioether (sulfide) groups is 1. The van der Waals surface area contributed by atoms with E-state index in [2.05, 4.69) is 46.6 Å². The van der Waals surface area contributed by atoms with Crippen molar-refractivity contribution >= 4 is 34.7 Å². The van der Waals surface area contributed by atoms with E-state index in [1.165, 1.54) is 5.56 Å². The van der Waals surface area contributed by atoms with Crippen LogP contribution in [-0.4, -0.2) is 19.7 Å². The van der Waals surface area contributed by atoms with E-state index < -0.39 is 0 Å². The molecule has 4 aromatic rings. The highest BCUT2D eigenvalue weighted by Gasteiger charge is 2.20. The summed E-state index contributed by atoms with van der Waals surface area (Å²) in [6.45, 7) is 10.6. The van der Waals surface area contributed by atoms with E-state index in [-0.39, 0.29) is 6.10 Å². The van der Waals surface area contributed by atoms with Crippen LogP contribution in [0.5, 0.6) is 5.75 Å². The average molecular weight is 497 g/mol. The molecule has 0 radical (unpaired) electrons. The molecule has 0 N–H and O–H groups in total. The van der Waals surface area contributed by atoms with Crippen molar-refractivity contribution in [3.05, 3.63) is 88.2 Å². The molecule has 1 atom stereocenters. The highest BCUT2D eigenvalue weighted by molar-refractivity contribution is 7.98. The minimum absolute atomic E-state index is 0.251. The molecular formula is C25H25ClN4OS2. The van der Waals surface area contributed by atoms with Gasteiger partial charge >= 0.3 is 0 Å². The average Bonchev–Trinajstić information content (AvgIpc) is 3.43. The number of ether oxygens (including phenoxy) is 1. The molecule has 0 spiro atoms. The van der Waals surface area contributed by atoms with Crippen molar-refractivity contribution in [3.63, 3.8) is 0 Å². The number of hydrogen-bond donors (Lipinski definition) is 0. The molecule has 0 aliphatic carbocycles. The van der Waals surface area contributed by atoms with Crippen LogP contribution in [0.4, 0.5) is 0 Å². The van der Waals surface area contributed by atoms with Gasteiger partial charge in [0.1, 0.15) is 10.8 Å². The fraction of sp³-hybridized carbons (Fsp3) is 0.240. The predicted octanol–water partition coefficient (Wildman–Crippen LogP) is 7.29. The lowest BCUT2D eigenvalue weighted by atomic mass is 10.1. The third-order valence-electron chi connectivity index (χ3n) is 5.28. The molecule has 1 unspecified atom stereocenters. The number of hydrogen-bond acceptors (Lipinski definition) is 6. The van der Waals surface area contributed by atoms with Gasteiger partial charge in [0.25, 0.3) is 0 Å². The Labute approximate surface area is 207 Å². The maximum Gasteiger partial charge on any atom is 0.192 e. The van der Waals surface area contributed by atoms with E-state index in [0.717, 1.165) is 38.6 Å². The first kappa shape index (κ1) is 23.5. The van der Waals surface area contributed by atoms with Crippen molar-refractivity contribution in [3.8, 4) is 16.3 Å². The summed E-state index contributed by atoms with van der Waals surface area (Å²) in [6.07, 6.45) is 1.60. The quantitative estimate of drug-likeness (QED) is 0.180. The molecule has 2 aromatic carbocycles. The summed E-state index contributed by atoms with van der Waals surface area (Å²) >= 11 is 9.52. The minimum Gasteiger partial charge on any atom is -0.482 e. The van der Waals surface area contributed by atoms with Crippen molar-refractivity contribution in [1.29, 1.82) is 0 Å². The molecule has 0 bridgehead atoms. The standard InChI is InChI=1S/C25H25ClN4OS2/c1-5-13-30-23(18(4)31-22-12-8-9-16(2)17(22)3)28-29-25(30)33-15-19-14-32-24(27-19)20-10-6-7-11-21(20)26/h5-12,14,18H,1,13,15H2,2-4H3. The molecule has 0 aliphatic rings. The van der Waals surface area contributed by atoms with Gasteiger partial charge in [0, 0.05) is 23.2 Å². The number of nitrogens with zero attached hydrogens (tertiary/aromatic N) is 4. The largest absolute Gasteiger partial charge is 0.482 e. The Morgan fingerprint density at radius 3 is 2.79 bits per heavy atom. The summed E-state index contributed by atoms with van der Waals surface area (Å²) in [7, 11) is 0. The van der Waals surface area contributed by atoms with Crippen molar-refractivity contribution < 1.29 is 4.74 Å². The van der Waals surface area contributed by atoms with Gasteiger partial charge in [0.15, 0.2) is 17.1 Å². The van der Waals surface area contributed by atoms with Gasteiger partial charge < -0.3 is 4.74 Å². The normalized spacial score (nSPS) is 12.0. The van der Waals surface area contributed by atoms with Gasteiger partial charge in [-0.25, -0.2) is 4.98 Å². The number of thiazole rings is 1. The first-order valence-electron chi connectivity index (χ1n) is 10.6. The first-order chi connectivity index (χ1) is 16.0. The molecule has 0 amide bonds. The number of halogens is 1. The van der Waals surface area contributed by atoms with Crippen LogP contribution < -0.4 is 4.74 Å². The summed E-state index contributed by atoms with van der Waals surface area (Å²) < 4.78 is 8.30. The summed E-state index contributed by atoms with van der Waals surface area (Å²) in [5.41, 5.74) is 4.26. The highest BCUT2D eigenvalue weighted by atomic mass is 35.5. The molecule has 2 heterocycles. The van der Waals surface area contributed by atoms with Gasteiger partial charge in [-0.3, -0.25) is 4.57 Å². The van der Waals surface area contributed by atoms with Gasteiger partial charge in [0.2, 0.25) is 0 Å². The Kier molecular flexibility index (Phi) is 7.53. The van der Waals surface area contributed by atoms with Crippen LogP contribution in [0.1, 0.15) is 35.7 Å². The summed E-state index contributed by atoms with van der Waals surface area (Å²) in [5.74, 6) is 2.32. The van der Waals surface area contributed by atoms with Crippen molar-refractivity contribution in [1.82, 2.24) is 19.7 Å². The van der Waals surface area contributed by atoms with Crippen LogP contribution in [0.3, 0.4) is 0 Å². The molecule has 0 aliphatic heterocycles. The van der Waals surface area contributed by atoms with Crippen LogP contribution in [0, 0.1) is 13.8 Å². The second-order valence-corrected chi connectivity index (χ2v) is 9.82. The Morgan fingerprint density at radius 2 is 2.00 bits per heavy atom. The van der Waals surface area contributed by atoms with Gasteiger partial charge in [0.05, 0.1) is 10.7 Å². The number of rotatable bonds is 9. The number of allylic oxidation sites excluding steroid dienone is 1. The SMILES string of the molecule is C=CCn1c(SCc2csc(-c3ccccc3Cl)n2)nnc1C(C)Oc1cccc(C)c1C. The number of benzene rings is 2.